The van der Waals surface area contributed by atoms with Gasteiger partial charge in [-0.15, -0.1) is 6.92 Å². The first kappa shape index (κ1) is 16.1. The molecule has 1 aliphatic rings. The number of hydrogen-bond donors (Lipinski definition) is 0. The number of hydrogen-bond acceptors (Lipinski definition) is 1. The van der Waals surface area contributed by atoms with E-state index in [1.54, 1.807) is 0 Å². The largest absolute Gasteiger partial charge is 1.00 e. The van der Waals surface area contributed by atoms with Gasteiger partial charge in [-0.25, -0.2) is 6.08 Å². The molecule has 0 heterocycles. The van der Waals surface area contributed by atoms with Gasteiger partial charge in [0.2, 0.25) is 9.04 Å². The van der Waals surface area contributed by atoms with Crippen LogP contribution in [0.25, 0.3) is 0 Å². The predicted octanol–water partition coefficient (Wildman–Crippen LogP) is 0.690. The van der Waals surface area contributed by atoms with Gasteiger partial charge < -0.3 is 4.43 Å². The summed E-state index contributed by atoms with van der Waals surface area (Å²) < 4.78 is 5.91. The molecule has 0 aliphatic heterocycles. The average molecular weight is 230 g/mol. The molecule has 16 heavy (non-hydrogen) atoms. The third-order valence-electron chi connectivity index (χ3n) is 2.86. The van der Waals surface area contributed by atoms with Crippen LogP contribution in [-0.2, 0) is 4.43 Å². The third kappa shape index (κ3) is 3.55. The molecule has 1 nitrogen and oxygen atoms in total. The molecule has 1 unspecified atom stereocenters. The molecule has 0 saturated heterocycles. The van der Waals surface area contributed by atoms with Crippen LogP contribution in [0.5, 0.6) is 0 Å². The zero-order chi connectivity index (χ0) is 11.8. The standard InChI is InChI=1S/C13H23OSi.Li/c1-9-10(2)12(14-15(6)7)8-11(9)13(3,4)5;/h11,15H,1-7H3;/q-1;+1. The molecule has 1 atom stereocenters. The predicted molar refractivity (Wildman–Crippen MR) is 68.0 cm³/mol. The summed E-state index contributed by atoms with van der Waals surface area (Å²) in [4.78, 5) is 0. The Labute approximate surface area is 114 Å². The first-order valence-electron chi connectivity index (χ1n) is 5.71. The van der Waals surface area contributed by atoms with Crippen LogP contribution < -0.4 is 18.9 Å². The van der Waals surface area contributed by atoms with Gasteiger partial charge in [0.15, 0.2) is 0 Å². The van der Waals surface area contributed by atoms with Crippen LogP contribution in [0.3, 0.4) is 0 Å². The van der Waals surface area contributed by atoms with Crippen molar-refractivity contribution in [3.8, 4) is 0 Å². The van der Waals surface area contributed by atoms with E-state index in [1.807, 2.05) is 0 Å². The topological polar surface area (TPSA) is 9.23 Å². The van der Waals surface area contributed by atoms with Crippen LogP contribution in [0, 0.1) is 17.4 Å². The Morgan fingerprint density at radius 1 is 1.19 bits per heavy atom. The Balaban J connectivity index is 0.00000225. The van der Waals surface area contributed by atoms with E-state index in [0.717, 1.165) is 5.76 Å². The van der Waals surface area contributed by atoms with Crippen molar-refractivity contribution in [3.05, 3.63) is 23.0 Å². The second-order valence-corrected chi connectivity index (χ2v) is 8.08. The van der Waals surface area contributed by atoms with Gasteiger partial charge in [0.05, 0.1) is 0 Å². The molecule has 0 radical (unpaired) electrons. The summed E-state index contributed by atoms with van der Waals surface area (Å²) in [6, 6.07) is 0. The van der Waals surface area contributed by atoms with Crippen molar-refractivity contribution in [1.29, 1.82) is 0 Å². The van der Waals surface area contributed by atoms with Gasteiger partial charge in [0.1, 0.15) is 0 Å². The van der Waals surface area contributed by atoms with Gasteiger partial charge >= 0.3 is 18.9 Å². The van der Waals surface area contributed by atoms with Crippen molar-refractivity contribution in [2.45, 2.75) is 47.7 Å². The van der Waals surface area contributed by atoms with Gasteiger partial charge in [0, 0.05) is 0 Å². The molecule has 0 N–H and O–H groups in total. The Morgan fingerprint density at radius 3 is 2.00 bits per heavy atom. The van der Waals surface area contributed by atoms with Crippen LogP contribution in [-0.4, -0.2) is 9.04 Å². The van der Waals surface area contributed by atoms with E-state index < -0.39 is 9.04 Å². The molecular weight excluding hydrogens is 207 g/mol. The van der Waals surface area contributed by atoms with Crippen LogP contribution >= 0.6 is 0 Å². The molecular formula is C13H23LiOSi. The number of rotatable bonds is 2. The van der Waals surface area contributed by atoms with Crippen molar-refractivity contribution < 1.29 is 23.3 Å². The van der Waals surface area contributed by atoms with Gasteiger partial charge in [-0.1, -0.05) is 39.4 Å². The van der Waals surface area contributed by atoms with Crippen LogP contribution in [0.4, 0.5) is 0 Å². The Hall–Kier alpha value is 0.0943. The van der Waals surface area contributed by atoms with Crippen molar-refractivity contribution in [2.24, 2.45) is 11.3 Å². The fraction of sp³-hybridized carbons (Fsp3) is 0.692. The summed E-state index contributed by atoms with van der Waals surface area (Å²) in [6.45, 7) is 15.5. The van der Waals surface area contributed by atoms with Crippen LogP contribution in [0.1, 0.15) is 34.6 Å². The smallest absolute Gasteiger partial charge is 0.579 e. The molecule has 0 bridgehead atoms. The summed E-state index contributed by atoms with van der Waals surface area (Å²) >= 11 is 0. The second kappa shape index (κ2) is 5.62. The number of allylic oxidation sites excluding steroid dienone is 3. The Kier molecular flexibility index (Phi) is 5.66. The molecule has 0 spiro atoms. The van der Waals surface area contributed by atoms with E-state index in [-0.39, 0.29) is 24.3 Å². The third-order valence-corrected chi connectivity index (χ3v) is 3.57. The second-order valence-electron chi connectivity index (χ2n) is 5.75. The van der Waals surface area contributed by atoms with Gasteiger partial charge in [-0.3, -0.25) is 0 Å². The summed E-state index contributed by atoms with van der Waals surface area (Å²) in [6.07, 6.45) is 3.52. The van der Waals surface area contributed by atoms with E-state index in [2.05, 4.69) is 53.8 Å². The Bertz CT molecular complexity index is 310. The molecule has 0 aromatic rings. The van der Waals surface area contributed by atoms with E-state index in [1.165, 1.54) is 11.1 Å². The van der Waals surface area contributed by atoms with Crippen molar-refractivity contribution in [2.75, 3.05) is 0 Å². The summed E-state index contributed by atoms with van der Waals surface area (Å²) in [5.74, 6) is 1.44. The first-order valence-corrected chi connectivity index (χ1v) is 8.49. The average Bonchev–Trinajstić information content (AvgIpc) is 2.30. The molecule has 0 amide bonds. The summed E-state index contributed by atoms with van der Waals surface area (Å²) in [5.41, 5.74) is 2.97. The van der Waals surface area contributed by atoms with E-state index in [0.29, 0.717) is 5.92 Å². The van der Waals surface area contributed by atoms with E-state index in [9.17, 15) is 0 Å². The minimum atomic E-state index is -1.00. The molecule has 0 aromatic carbocycles. The summed E-state index contributed by atoms with van der Waals surface area (Å²) in [5, 5.41) is 0. The first-order chi connectivity index (χ1) is 6.73. The summed E-state index contributed by atoms with van der Waals surface area (Å²) in [7, 11) is -1.00. The zero-order valence-corrected chi connectivity index (χ0v) is 13.2. The Morgan fingerprint density at radius 2 is 1.69 bits per heavy atom. The molecule has 0 aromatic heterocycles. The maximum atomic E-state index is 5.91. The van der Waals surface area contributed by atoms with E-state index >= 15 is 0 Å². The van der Waals surface area contributed by atoms with Crippen LogP contribution in [0.15, 0.2) is 16.9 Å². The van der Waals surface area contributed by atoms with Gasteiger partial charge in [0.25, 0.3) is 0 Å². The fourth-order valence-electron chi connectivity index (χ4n) is 1.97. The quantitative estimate of drug-likeness (QED) is 0.501. The van der Waals surface area contributed by atoms with Crippen molar-refractivity contribution in [3.63, 3.8) is 0 Å². The molecule has 0 saturated carbocycles. The molecule has 1 aliphatic carbocycles. The molecule has 0 fully saturated rings. The maximum absolute atomic E-state index is 5.91. The molecule has 3 heteroatoms. The molecule has 86 valence electrons. The van der Waals surface area contributed by atoms with Gasteiger partial charge in [-0.2, -0.15) is 11.1 Å². The zero-order valence-electron chi connectivity index (χ0n) is 12.1. The molecule has 1 rings (SSSR count). The van der Waals surface area contributed by atoms with E-state index in [4.69, 9.17) is 4.43 Å². The monoisotopic (exact) mass is 230 g/mol. The minimum Gasteiger partial charge on any atom is -0.579 e. The van der Waals surface area contributed by atoms with Crippen molar-refractivity contribution in [1.82, 2.24) is 0 Å². The minimum absolute atomic E-state index is 0. The van der Waals surface area contributed by atoms with Crippen molar-refractivity contribution >= 4 is 9.04 Å². The van der Waals surface area contributed by atoms with Gasteiger partial charge in [-0.05, 0) is 18.5 Å². The fourth-order valence-corrected chi connectivity index (χ4v) is 2.68. The van der Waals surface area contributed by atoms with Crippen LogP contribution in [0.2, 0.25) is 13.1 Å². The normalized spacial score (nSPS) is 21.0. The SMILES string of the molecule is CC1=C(C)C(C(C)(C)C)[C-]=C1O[SiH](C)C.[Li+]. The maximum Gasteiger partial charge on any atom is 1.00 e.